The molecule has 3 amide bonds. The monoisotopic (exact) mass is 539 g/mol. The predicted octanol–water partition coefficient (Wildman–Crippen LogP) is 5.30. The molecule has 0 aliphatic heterocycles. The fourth-order valence-corrected chi connectivity index (χ4v) is 4.64. The molecule has 0 saturated heterocycles. The molecule has 0 bridgehead atoms. The molecule has 204 valence electrons. The first kappa shape index (κ1) is 29.0. The Morgan fingerprint density at radius 1 is 0.921 bits per heavy atom. The van der Waals surface area contributed by atoms with Gasteiger partial charge in [0.1, 0.15) is 6.54 Å². The van der Waals surface area contributed by atoms with Gasteiger partial charge in [-0.3, -0.25) is 4.79 Å². The average molecular weight is 540 g/mol. The molecule has 0 fully saturated rings. The van der Waals surface area contributed by atoms with Crippen molar-refractivity contribution < 1.29 is 23.8 Å². The van der Waals surface area contributed by atoms with E-state index in [9.17, 15) is 9.59 Å². The number of ether oxygens (including phenoxy) is 3. The number of hydrogen-bond acceptors (Lipinski definition) is 6. The van der Waals surface area contributed by atoms with Crippen molar-refractivity contribution in [2.75, 3.05) is 52.4 Å². The molecule has 0 aliphatic rings. The maximum Gasteiger partial charge on any atom is 0.322 e. The maximum atomic E-state index is 13.6. The first-order chi connectivity index (χ1) is 18.5. The Kier molecular flexibility index (Phi) is 11.9. The van der Waals surface area contributed by atoms with Crippen LogP contribution in [0.1, 0.15) is 23.8 Å². The minimum Gasteiger partial charge on any atom is -0.493 e. The topological polar surface area (TPSA) is 80.3 Å². The molecule has 0 spiro atoms. The van der Waals surface area contributed by atoms with Crippen LogP contribution in [0, 0.1) is 0 Å². The minimum atomic E-state index is -0.308. The van der Waals surface area contributed by atoms with Crippen molar-refractivity contribution >= 4 is 29.0 Å². The Bertz CT molecular complexity index is 1120. The number of rotatable bonds is 15. The van der Waals surface area contributed by atoms with Gasteiger partial charge in [0.15, 0.2) is 11.5 Å². The van der Waals surface area contributed by atoms with Gasteiger partial charge in [0, 0.05) is 36.9 Å². The highest BCUT2D eigenvalue weighted by Crippen LogP contribution is 2.28. The van der Waals surface area contributed by atoms with Gasteiger partial charge in [-0.2, -0.15) is 0 Å². The lowest BCUT2D eigenvalue weighted by atomic mass is 10.1. The number of nitrogens with one attached hydrogen (secondary N) is 1. The second-order valence-corrected chi connectivity index (χ2v) is 9.63. The molecule has 3 aromatic rings. The molecule has 0 atom stereocenters. The van der Waals surface area contributed by atoms with Crippen molar-refractivity contribution in [3.05, 3.63) is 76.5 Å². The van der Waals surface area contributed by atoms with Crippen molar-refractivity contribution in [2.45, 2.75) is 26.3 Å². The van der Waals surface area contributed by atoms with Crippen LogP contribution < -0.4 is 14.8 Å². The fraction of sp³-hybridized carbons (Fsp3) is 0.379. The molecule has 1 N–H and O–H groups in total. The van der Waals surface area contributed by atoms with Crippen molar-refractivity contribution in [2.24, 2.45) is 0 Å². The van der Waals surface area contributed by atoms with E-state index in [1.807, 2.05) is 77.9 Å². The van der Waals surface area contributed by atoms with Gasteiger partial charge in [-0.25, -0.2) is 4.79 Å². The number of anilines is 1. The Morgan fingerprint density at radius 3 is 2.39 bits per heavy atom. The highest BCUT2D eigenvalue weighted by Gasteiger charge is 2.22. The van der Waals surface area contributed by atoms with Crippen LogP contribution in [0.3, 0.4) is 0 Å². The van der Waals surface area contributed by atoms with Crippen LogP contribution >= 0.6 is 11.3 Å². The van der Waals surface area contributed by atoms with Crippen LogP contribution in [0.4, 0.5) is 10.5 Å². The SMILES string of the molecule is CCOCCCN(CC(=O)N(CCc1ccc(OC)c(OC)c1)Cc1cccs1)C(=O)Nc1ccccc1. The predicted molar refractivity (Wildman–Crippen MR) is 151 cm³/mol. The molecule has 0 saturated carbocycles. The fourth-order valence-electron chi connectivity index (χ4n) is 3.92. The van der Waals surface area contributed by atoms with Gasteiger partial charge < -0.3 is 29.3 Å². The molecule has 38 heavy (non-hydrogen) atoms. The summed E-state index contributed by atoms with van der Waals surface area (Å²) in [6, 6.07) is 18.7. The van der Waals surface area contributed by atoms with Gasteiger partial charge in [0.25, 0.3) is 0 Å². The van der Waals surface area contributed by atoms with E-state index in [1.54, 1.807) is 30.5 Å². The summed E-state index contributed by atoms with van der Waals surface area (Å²) >= 11 is 1.61. The van der Waals surface area contributed by atoms with E-state index in [-0.39, 0.29) is 18.5 Å². The van der Waals surface area contributed by atoms with E-state index in [4.69, 9.17) is 14.2 Å². The van der Waals surface area contributed by atoms with Crippen molar-refractivity contribution in [1.82, 2.24) is 9.80 Å². The number of hydrogen-bond donors (Lipinski definition) is 1. The summed E-state index contributed by atoms with van der Waals surface area (Å²) in [4.78, 5) is 31.2. The number of amides is 3. The Balaban J connectivity index is 1.72. The lowest BCUT2D eigenvalue weighted by molar-refractivity contribution is -0.132. The number of methoxy groups -OCH3 is 2. The molecule has 1 aromatic heterocycles. The van der Waals surface area contributed by atoms with E-state index in [2.05, 4.69) is 5.32 Å². The summed E-state index contributed by atoms with van der Waals surface area (Å²) < 4.78 is 16.2. The normalized spacial score (nSPS) is 10.6. The average Bonchev–Trinajstić information content (AvgIpc) is 3.46. The van der Waals surface area contributed by atoms with Gasteiger partial charge in [-0.15, -0.1) is 11.3 Å². The smallest absolute Gasteiger partial charge is 0.322 e. The Morgan fingerprint density at radius 2 is 1.71 bits per heavy atom. The quantitative estimate of drug-likeness (QED) is 0.265. The van der Waals surface area contributed by atoms with E-state index < -0.39 is 0 Å². The van der Waals surface area contributed by atoms with Crippen molar-refractivity contribution in [3.63, 3.8) is 0 Å². The van der Waals surface area contributed by atoms with Crippen LogP contribution in [0.15, 0.2) is 66.0 Å². The van der Waals surface area contributed by atoms with Gasteiger partial charge in [0.05, 0.1) is 20.8 Å². The summed E-state index contributed by atoms with van der Waals surface area (Å²) in [7, 11) is 3.21. The number of carbonyl (C=O) groups excluding carboxylic acids is 2. The zero-order valence-electron chi connectivity index (χ0n) is 22.4. The summed E-state index contributed by atoms with van der Waals surface area (Å²) in [6.45, 7) is 4.44. The molecule has 0 unspecified atom stereocenters. The maximum absolute atomic E-state index is 13.6. The van der Waals surface area contributed by atoms with Gasteiger partial charge >= 0.3 is 6.03 Å². The molecule has 0 aliphatic carbocycles. The molecule has 3 rings (SSSR count). The highest BCUT2D eigenvalue weighted by molar-refractivity contribution is 7.09. The standard InChI is InChI=1S/C29H37N3O5S/c1-4-37-18-9-16-32(29(34)30-24-10-6-5-7-11-24)22-28(33)31(21-25-12-8-19-38-25)17-15-23-13-14-26(35-2)27(20-23)36-3/h5-8,10-14,19-20H,4,9,15-18,21-22H2,1-3H3,(H,30,34). The number of benzene rings is 2. The lowest BCUT2D eigenvalue weighted by Crippen LogP contribution is -2.45. The third-order valence-electron chi connectivity index (χ3n) is 5.96. The first-order valence-electron chi connectivity index (χ1n) is 12.7. The van der Waals surface area contributed by atoms with E-state index in [0.717, 1.165) is 10.4 Å². The van der Waals surface area contributed by atoms with Crippen LogP contribution in [-0.4, -0.2) is 68.8 Å². The Hall–Kier alpha value is -3.56. The molecule has 8 nitrogen and oxygen atoms in total. The third-order valence-corrected chi connectivity index (χ3v) is 6.82. The van der Waals surface area contributed by atoms with Crippen LogP contribution in [-0.2, 0) is 22.5 Å². The number of carbonyl (C=O) groups is 2. The van der Waals surface area contributed by atoms with E-state index >= 15 is 0 Å². The van der Waals surface area contributed by atoms with Gasteiger partial charge in [-0.05, 0) is 61.0 Å². The molecule has 2 aromatic carbocycles. The summed E-state index contributed by atoms with van der Waals surface area (Å²) in [5.41, 5.74) is 1.71. The second kappa shape index (κ2) is 15.6. The molecular weight excluding hydrogens is 502 g/mol. The second-order valence-electron chi connectivity index (χ2n) is 8.60. The van der Waals surface area contributed by atoms with Crippen molar-refractivity contribution in [3.8, 4) is 11.5 Å². The number of urea groups is 1. The lowest BCUT2D eigenvalue weighted by Gasteiger charge is -2.28. The zero-order valence-corrected chi connectivity index (χ0v) is 23.2. The number of nitrogens with zero attached hydrogens (tertiary/aromatic N) is 2. The van der Waals surface area contributed by atoms with E-state index in [1.165, 1.54) is 0 Å². The van der Waals surface area contributed by atoms with Crippen LogP contribution in [0.2, 0.25) is 0 Å². The van der Waals surface area contributed by atoms with Gasteiger partial charge in [0.2, 0.25) is 5.91 Å². The molecular formula is C29H37N3O5S. The molecule has 9 heteroatoms. The molecule has 1 heterocycles. The largest absolute Gasteiger partial charge is 0.493 e. The van der Waals surface area contributed by atoms with Gasteiger partial charge in [-0.1, -0.05) is 30.3 Å². The third kappa shape index (κ3) is 9.08. The number of thiophene rings is 1. The summed E-state index contributed by atoms with van der Waals surface area (Å²) in [6.07, 6.45) is 1.28. The van der Waals surface area contributed by atoms with Crippen LogP contribution in [0.5, 0.6) is 11.5 Å². The zero-order chi connectivity index (χ0) is 27.2. The minimum absolute atomic E-state index is 0.0257. The van der Waals surface area contributed by atoms with E-state index in [0.29, 0.717) is 62.9 Å². The first-order valence-corrected chi connectivity index (χ1v) is 13.6. The summed E-state index contributed by atoms with van der Waals surface area (Å²) in [5.74, 6) is 1.20. The number of para-hydroxylation sites is 1. The highest BCUT2D eigenvalue weighted by atomic mass is 32.1. The van der Waals surface area contributed by atoms with Crippen LogP contribution in [0.25, 0.3) is 0 Å². The molecule has 0 radical (unpaired) electrons. The summed E-state index contributed by atoms with van der Waals surface area (Å²) in [5, 5.41) is 4.91. The van der Waals surface area contributed by atoms with Crippen molar-refractivity contribution in [1.29, 1.82) is 0 Å². The Labute approximate surface area is 229 Å².